The van der Waals surface area contributed by atoms with Gasteiger partial charge in [-0.1, -0.05) is 231 Å². The van der Waals surface area contributed by atoms with Crippen LogP contribution in [0.25, 0.3) is 109 Å². The smallest absolute Gasteiger partial charge is 0.258 e. The molecule has 0 fully saturated rings. The van der Waals surface area contributed by atoms with E-state index in [0.717, 1.165) is 109 Å². The van der Waals surface area contributed by atoms with Crippen LogP contribution in [0, 0.1) is 0 Å². The highest BCUT2D eigenvalue weighted by molar-refractivity contribution is 6.24. The van der Waals surface area contributed by atoms with Gasteiger partial charge in [-0.25, -0.2) is 0 Å². The molecule has 520 valence electrons. The summed E-state index contributed by atoms with van der Waals surface area (Å²) in [5.74, 6) is 0.158. The number of fused-ring (bicyclic) bond motifs is 8. The van der Waals surface area contributed by atoms with Crippen LogP contribution in [0.3, 0.4) is 0 Å². The number of hydrogen-bond donors (Lipinski definition) is 4. The average Bonchev–Trinajstić information content (AvgIpc) is 0.747. The predicted molar refractivity (Wildman–Crippen MR) is 420 cm³/mol. The Morgan fingerprint density at radius 1 is 0.283 bits per heavy atom. The van der Waals surface area contributed by atoms with E-state index in [2.05, 4.69) is 120 Å². The Morgan fingerprint density at radius 2 is 0.538 bits per heavy atom. The molecular formula is C94H74N2O10. The summed E-state index contributed by atoms with van der Waals surface area (Å²) in [6.45, 7) is -0.272. The number of benzene rings is 16. The molecule has 0 aliphatic carbocycles. The van der Waals surface area contributed by atoms with Crippen molar-refractivity contribution in [1.29, 1.82) is 0 Å². The van der Waals surface area contributed by atoms with Gasteiger partial charge in [0, 0.05) is 57.6 Å². The third kappa shape index (κ3) is 13.8. The first kappa shape index (κ1) is 66.8. The maximum atomic E-state index is 14.5. The zero-order chi connectivity index (χ0) is 71.5. The molecule has 12 heteroatoms. The van der Waals surface area contributed by atoms with Crippen LogP contribution >= 0.6 is 0 Å². The average molecular weight is 1390 g/mol. The molecule has 1 heterocycles. The number of phenols is 2. The number of aromatic hydroxyl groups is 2. The van der Waals surface area contributed by atoms with Gasteiger partial charge in [0.2, 0.25) is 0 Å². The van der Waals surface area contributed by atoms with Gasteiger partial charge in [-0.2, -0.15) is 0 Å². The summed E-state index contributed by atoms with van der Waals surface area (Å²) < 4.78 is 40.7. The van der Waals surface area contributed by atoms with Crippen molar-refractivity contribution in [2.45, 2.75) is 65.9 Å². The van der Waals surface area contributed by atoms with Gasteiger partial charge in [0.25, 0.3) is 11.8 Å². The van der Waals surface area contributed by atoms with Crippen molar-refractivity contribution < 1.29 is 48.2 Å². The number of nitrogens with one attached hydrogen (secondary N) is 2. The maximum Gasteiger partial charge on any atom is 0.258 e. The van der Waals surface area contributed by atoms with Gasteiger partial charge in [0.15, 0.2) is 13.2 Å². The first-order chi connectivity index (χ1) is 52.2. The van der Waals surface area contributed by atoms with Crippen molar-refractivity contribution in [3.63, 3.8) is 0 Å². The van der Waals surface area contributed by atoms with Crippen molar-refractivity contribution >= 4 is 76.4 Å². The predicted octanol–water partition coefficient (Wildman–Crippen LogP) is 20.1. The van der Waals surface area contributed by atoms with Crippen molar-refractivity contribution in [3.8, 4) is 67.5 Å². The fourth-order valence-electron chi connectivity index (χ4n) is 15.2. The monoisotopic (exact) mass is 1390 g/mol. The molecule has 16 aromatic rings. The lowest BCUT2D eigenvalue weighted by Gasteiger charge is -2.21. The van der Waals surface area contributed by atoms with Crippen LogP contribution in [0.1, 0.15) is 55.6 Å². The van der Waals surface area contributed by atoms with Crippen LogP contribution in [-0.2, 0) is 94.5 Å². The topological polar surface area (TPSA) is 154 Å². The summed E-state index contributed by atoms with van der Waals surface area (Å²) in [5.41, 5.74) is 13.7. The molecule has 0 spiro atoms. The van der Waals surface area contributed by atoms with E-state index in [1.165, 1.54) is 10.8 Å². The molecule has 0 saturated carbocycles. The summed E-state index contributed by atoms with van der Waals surface area (Å²) in [4.78, 5) is 28.9. The van der Waals surface area contributed by atoms with Crippen LogP contribution in [-0.4, -0.2) is 35.2 Å². The van der Waals surface area contributed by atoms with E-state index in [0.29, 0.717) is 56.0 Å². The standard InChI is InChI=1S/C94H74N2O10/c97-85(95-47-69-33-31-67-29-27-63-23-13-25-65-35-37-83(69)89(67)87(63)65)57-105-93-79-43-73(61-19-9-3-10-20-61)45-81(93)55-104-56-82-46-74(62-21-11-4-12-22-62)44-80(94(82)106-58-86(98)96-48-70-34-32-68-30-28-64-24-14-26-66-36-38-84(70)90(68)88(64)66)54-103-52-78-42-72(60-17-7-2-8-18-60)40-76(92(78)100)50-101-49-75-39-71(59-15-5-1-6-16-59)41-77(91(75)99)51-102-53-79/h1-46,99-100H,47-58H2,(H,95,97)(H,96,98). The lowest BCUT2D eigenvalue weighted by atomic mass is 9.92. The summed E-state index contributed by atoms with van der Waals surface area (Å²) in [5, 5.41) is 44.7. The number of phenolic OH excluding ortho intramolecular Hbond substituents is 2. The van der Waals surface area contributed by atoms with Gasteiger partial charge < -0.3 is 49.3 Å². The summed E-state index contributed by atoms with van der Waals surface area (Å²) in [6.07, 6.45) is 0. The van der Waals surface area contributed by atoms with Gasteiger partial charge in [0.05, 0.1) is 52.9 Å². The highest BCUT2D eigenvalue weighted by Crippen LogP contribution is 2.42. The fraction of sp³-hybridized carbons (Fsp3) is 0.128. The molecule has 17 rings (SSSR count). The van der Waals surface area contributed by atoms with Crippen LogP contribution in [0.15, 0.2) is 279 Å². The fourth-order valence-corrected chi connectivity index (χ4v) is 15.2. The molecular weight excluding hydrogens is 1320 g/mol. The van der Waals surface area contributed by atoms with E-state index in [1.807, 2.05) is 170 Å². The normalized spacial score (nSPS) is 13.1. The molecule has 106 heavy (non-hydrogen) atoms. The number of amides is 2. The molecule has 2 amide bonds. The third-order valence-electron chi connectivity index (χ3n) is 20.4. The Hall–Kier alpha value is -12.4. The van der Waals surface area contributed by atoms with Crippen molar-refractivity contribution in [3.05, 3.63) is 335 Å². The second kappa shape index (κ2) is 29.7. The summed E-state index contributed by atoms with van der Waals surface area (Å²) in [7, 11) is 0. The minimum absolute atomic E-state index is 0.00714. The van der Waals surface area contributed by atoms with Gasteiger partial charge >= 0.3 is 0 Å². The minimum Gasteiger partial charge on any atom is -0.507 e. The van der Waals surface area contributed by atoms with E-state index in [-0.39, 0.29) is 102 Å². The maximum absolute atomic E-state index is 14.5. The van der Waals surface area contributed by atoms with Crippen molar-refractivity contribution in [2.75, 3.05) is 13.2 Å². The molecule has 8 bridgehead atoms. The number of hydrogen-bond acceptors (Lipinski definition) is 10. The largest absolute Gasteiger partial charge is 0.507 e. The number of rotatable bonds is 14. The van der Waals surface area contributed by atoms with E-state index in [9.17, 15) is 19.8 Å². The molecule has 0 atom stereocenters. The van der Waals surface area contributed by atoms with Gasteiger partial charge in [-0.3, -0.25) is 9.59 Å². The minimum atomic E-state index is -0.339. The Labute approximate surface area is 613 Å². The number of carbonyl (C=O) groups is 2. The Bertz CT molecular complexity index is 5530. The second-order valence-electron chi connectivity index (χ2n) is 27.3. The van der Waals surface area contributed by atoms with Crippen molar-refractivity contribution in [2.24, 2.45) is 0 Å². The highest BCUT2D eigenvalue weighted by atomic mass is 16.5. The zero-order valence-electron chi connectivity index (χ0n) is 58.2. The highest BCUT2D eigenvalue weighted by Gasteiger charge is 2.24. The van der Waals surface area contributed by atoms with E-state index < -0.39 is 0 Å². The van der Waals surface area contributed by atoms with Gasteiger partial charge in [0.1, 0.15) is 23.0 Å². The SMILES string of the molecule is O=C(COc1c2cc(-c3ccccc3)cc1COCc1cc(-c3ccccc3)cc(c1OCC(=O)NCc1ccc3ccc4cccc5ccc1c3c45)COCc1cc(-c3ccccc3)cc(c1O)COCc1cc(-c3ccccc3)cc(c1O)COC2)NCc1ccc2ccc3cccc4ccc1c2c34. The number of ether oxygens (including phenoxy) is 6. The lowest BCUT2D eigenvalue weighted by molar-refractivity contribution is -0.124. The van der Waals surface area contributed by atoms with Crippen LogP contribution < -0.4 is 20.1 Å². The molecule has 0 unspecified atom stereocenters. The molecule has 0 aromatic heterocycles. The Balaban J connectivity index is 0.736. The quantitative estimate of drug-likeness (QED) is 0.0774. The lowest BCUT2D eigenvalue weighted by Crippen LogP contribution is -2.29. The van der Waals surface area contributed by atoms with Crippen LogP contribution in [0.5, 0.6) is 23.0 Å². The Morgan fingerprint density at radius 3 is 0.840 bits per heavy atom. The summed E-state index contributed by atoms with van der Waals surface area (Å²) >= 11 is 0. The van der Waals surface area contributed by atoms with Crippen molar-refractivity contribution in [1.82, 2.24) is 10.6 Å². The van der Waals surface area contributed by atoms with Crippen LogP contribution in [0.2, 0.25) is 0 Å². The molecule has 1 aliphatic heterocycles. The van der Waals surface area contributed by atoms with Gasteiger partial charge in [-0.05, 0) is 169 Å². The Kier molecular flexibility index (Phi) is 18.7. The molecule has 12 nitrogen and oxygen atoms in total. The van der Waals surface area contributed by atoms with E-state index >= 15 is 0 Å². The van der Waals surface area contributed by atoms with E-state index in [1.54, 1.807) is 0 Å². The zero-order valence-corrected chi connectivity index (χ0v) is 58.2. The molecule has 0 radical (unpaired) electrons. The first-order valence-corrected chi connectivity index (χ1v) is 35.8. The first-order valence-electron chi connectivity index (χ1n) is 35.8. The summed E-state index contributed by atoms with van der Waals surface area (Å²) in [6, 6.07) is 94.0. The molecule has 16 aromatic carbocycles. The van der Waals surface area contributed by atoms with Crippen LogP contribution in [0.4, 0.5) is 0 Å². The molecule has 1 aliphatic rings. The molecule has 0 saturated heterocycles. The number of carbonyl (C=O) groups excluding carboxylic acids is 2. The third-order valence-corrected chi connectivity index (χ3v) is 20.4. The van der Waals surface area contributed by atoms with Gasteiger partial charge in [-0.15, -0.1) is 0 Å². The van der Waals surface area contributed by atoms with E-state index in [4.69, 9.17) is 28.4 Å². The molecule has 4 N–H and O–H groups in total. The second-order valence-corrected chi connectivity index (χ2v) is 27.3.